The molecule has 26 heavy (non-hydrogen) atoms. The predicted octanol–water partition coefficient (Wildman–Crippen LogP) is 3.67. The van der Waals surface area contributed by atoms with Crippen molar-refractivity contribution >= 4 is 29.2 Å². The molecule has 0 fully saturated rings. The molecule has 136 valence electrons. The topological polar surface area (TPSA) is 98.5 Å². The average Bonchev–Trinajstić information content (AvgIpc) is 2.62. The minimum atomic E-state index is -0.689. The molecular formula is C18H17ClN2O5. The van der Waals surface area contributed by atoms with Gasteiger partial charge in [-0.05, 0) is 30.7 Å². The molecule has 0 saturated carbocycles. The molecule has 2 aromatic rings. The molecule has 0 heterocycles. The zero-order chi connectivity index (χ0) is 19.1. The Morgan fingerprint density at radius 3 is 2.42 bits per heavy atom. The van der Waals surface area contributed by atoms with Crippen molar-refractivity contribution in [2.75, 3.05) is 6.61 Å². The van der Waals surface area contributed by atoms with Crippen molar-refractivity contribution in [3.05, 3.63) is 74.8 Å². The number of hydrogen-bond acceptors (Lipinski definition) is 5. The van der Waals surface area contributed by atoms with Gasteiger partial charge in [-0.2, -0.15) is 0 Å². The van der Waals surface area contributed by atoms with Crippen molar-refractivity contribution in [2.24, 2.45) is 0 Å². The second-order valence-electron chi connectivity index (χ2n) is 5.36. The van der Waals surface area contributed by atoms with Gasteiger partial charge in [-0.3, -0.25) is 19.7 Å². The minimum Gasteiger partial charge on any atom is -0.466 e. The van der Waals surface area contributed by atoms with E-state index < -0.39 is 22.8 Å². The Kier molecular flexibility index (Phi) is 6.68. The molecule has 0 aromatic heterocycles. The molecule has 0 unspecified atom stereocenters. The molecular weight excluding hydrogens is 360 g/mol. The van der Waals surface area contributed by atoms with E-state index >= 15 is 0 Å². The van der Waals surface area contributed by atoms with Crippen molar-refractivity contribution in [3.8, 4) is 0 Å². The number of non-ortho nitro benzene ring substituents is 1. The fourth-order valence-electron chi connectivity index (χ4n) is 2.36. The highest BCUT2D eigenvalue weighted by Gasteiger charge is 2.22. The number of carbonyl (C=O) groups is 2. The highest BCUT2D eigenvalue weighted by molar-refractivity contribution is 6.31. The first-order valence-corrected chi connectivity index (χ1v) is 8.25. The summed E-state index contributed by atoms with van der Waals surface area (Å²) in [6.45, 7) is 1.92. The van der Waals surface area contributed by atoms with Gasteiger partial charge >= 0.3 is 5.97 Å². The van der Waals surface area contributed by atoms with Gasteiger partial charge in [-0.15, -0.1) is 0 Å². The van der Waals surface area contributed by atoms with E-state index in [2.05, 4.69) is 5.32 Å². The number of carbonyl (C=O) groups excluding carboxylic acids is 2. The summed E-state index contributed by atoms with van der Waals surface area (Å²) < 4.78 is 4.95. The number of esters is 1. The van der Waals surface area contributed by atoms with Crippen molar-refractivity contribution in [3.63, 3.8) is 0 Å². The van der Waals surface area contributed by atoms with E-state index in [-0.39, 0.29) is 24.3 Å². The molecule has 2 aromatic carbocycles. The molecule has 0 aliphatic rings. The van der Waals surface area contributed by atoms with E-state index in [0.29, 0.717) is 10.6 Å². The first kappa shape index (κ1) is 19.4. The van der Waals surface area contributed by atoms with Gasteiger partial charge in [0.2, 0.25) is 0 Å². The van der Waals surface area contributed by atoms with Gasteiger partial charge in [0.1, 0.15) is 0 Å². The molecule has 0 bridgehead atoms. The van der Waals surface area contributed by atoms with Crippen LogP contribution in [0.3, 0.4) is 0 Å². The maximum absolute atomic E-state index is 12.5. The highest BCUT2D eigenvalue weighted by Crippen LogP contribution is 2.26. The summed E-state index contributed by atoms with van der Waals surface area (Å²) in [7, 11) is 0. The normalized spacial score (nSPS) is 11.5. The van der Waals surface area contributed by atoms with Crippen LogP contribution in [0.15, 0.2) is 48.5 Å². The summed E-state index contributed by atoms with van der Waals surface area (Å²) in [6.07, 6.45) is -0.0870. The van der Waals surface area contributed by atoms with Crippen LogP contribution in [0.2, 0.25) is 5.02 Å². The smallest absolute Gasteiger partial charge is 0.308 e. The molecule has 0 spiro atoms. The summed E-state index contributed by atoms with van der Waals surface area (Å²) in [5, 5.41) is 13.8. The number of nitrogens with zero attached hydrogens (tertiary/aromatic N) is 1. The molecule has 0 aliphatic heterocycles. The Labute approximate surface area is 155 Å². The van der Waals surface area contributed by atoms with Crippen LogP contribution >= 0.6 is 11.6 Å². The second-order valence-corrected chi connectivity index (χ2v) is 5.77. The summed E-state index contributed by atoms with van der Waals surface area (Å²) >= 11 is 6.19. The maximum Gasteiger partial charge on any atom is 0.308 e. The van der Waals surface area contributed by atoms with E-state index in [1.807, 2.05) is 0 Å². The molecule has 2 rings (SSSR count). The van der Waals surface area contributed by atoms with E-state index in [1.165, 1.54) is 24.3 Å². The quantitative estimate of drug-likeness (QED) is 0.451. The van der Waals surface area contributed by atoms with Crippen molar-refractivity contribution in [1.82, 2.24) is 5.32 Å². The van der Waals surface area contributed by atoms with Gasteiger partial charge < -0.3 is 10.1 Å². The molecule has 1 amide bonds. The van der Waals surface area contributed by atoms with E-state index in [4.69, 9.17) is 16.3 Å². The number of rotatable bonds is 7. The Morgan fingerprint density at radius 2 is 1.85 bits per heavy atom. The number of amides is 1. The predicted molar refractivity (Wildman–Crippen MR) is 96.0 cm³/mol. The Morgan fingerprint density at radius 1 is 1.19 bits per heavy atom. The lowest BCUT2D eigenvalue weighted by molar-refractivity contribution is -0.384. The standard InChI is InChI=1S/C18H17ClN2O5/c1-2-26-17(22)11-16(14-5-3-4-6-15(14)19)20-18(23)12-7-9-13(10-8-12)21(24)25/h3-10,16H,2,11H2,1H3,(H,20,23)/t16-/m1/s1. The fourth-order valence-corrected chi connectivity index (χ4v) is 2.63. The van der Waals surface area contributed by atoms with Crippen LogP contribution in [0.4, 0.5) is 5.69 Å². The number of hydrogen-bond donors (Lipinski definition) is 1. The average molecular weight is 377 g/mol. The zero-order valence-electron chi connectivity index (χ0n) is 14.0. The van der Waals surface area contributed by atoms with Crippen molar-refractivity contribution in [2.45, 2.75) is 19.4 Å². The van der Waals surface area contributed by atoms with E-state index in [0.717, 1.165) is 0 Å². The number of nitro benzene ring substituents is 1. The maximum atomic E-state index is 12.5. The SMILES string of the molecule is CCOC(=O)C[C@@H](NC(=O)c1ccc([N+](=O)[O-])cc1)c1ccccc1Cl. The van der Waals surface area contributed by atoms with Gasteiger partial charge in [0.25, 0.3) is 11.6 Å². The number of ether oxygens (including phenoxy) is 1. The second kappa shape index (κ2) is 8.96. The third-order valence-corrected chi connectivity index (χ3v) is 3.95. The lowest BCUT2D eigenvalue weighted by Gasteiger charge is -2.19. The number of benzene rings is 2. The number of nitrogens with one attached hydrogen (secondary N) is 1. The Balaban J connectivity index is 2.22. The fraction of sp³-hybridized carbons (Fsp3) is 0.222. The third kappa shape index (κ3) is 5.03. The van der Waals surface area contributed by atoms with Gasteiger partial charge in [0, 0.05) is 22.7 Å². The lowest BCUT2D eigenvalue weighted by Crippen LogP contribution is -2.30. The van der Waals surface area contributed by atoms with Crippen LogP contribution in [0.1, 0.15) is 35.3 Å². The summed E-state index contributed by atoms with van der Waals surface area (Å²) in [6, 6.07) is 11.3. The van der Waals surface area contributed by atoms with E-state index in [9.17, 15) is 19.7 Å². The number of halogens is 1. The van der Waals surface area contributed by atoms with Crippen LogP contribution in [-0.4, -0.2) is 23.4 Å². The third-order valence-electron chi connectivity index (χ3n) is 3.60. The molecule has 1 atom stereocenters. The molecule has 0 radical (unpaired) electrons. The van der Waals surface area contributed by atoms with E-state index in [1.54, 1.807) is 31.2 Å². The van der Waals surface area contributed by atoms with Gasteiger partial charge in [0.05, 0.1) is 24.0 Å². The molecule has 7 nitrogen and oxygen atoms in total. The van der Waals surface area contributed by atoms with Crippen molar-refractivity contribution in [1.29, 1.82) is 0 Å². The largest absolute Gasteiger partial charge is 0.466 e. The van der Waals surface area contributed by atoms with Crippen LogP contribution in [-0.2, 0) is 9.53 Å². The lowest BCUT2D eigenvalue weighted by atomic mass is 10.0. The van der Waals surface area contributed by atoms with Gasteiger partial charge in [-0.25, -0.2) is 0 Å². The summed E-state index contributed by atoms with van der Waals surface area (Å²) in [5.74, 6) is -0.949. The first-order chi connectivity index (χ1) is 12.4. The first-order valence-electron chi connectivity index (χ1n) is 7.87. The van der Waals surface area contributed by atoms with Crippen LogP contribution < -0.4 is 5.32 Å². The van der Waals surface area contributed by atoms with Crippen molar-refractivity contribution < 1.29 is 19.2 Å². The van der Waals surface area contributed by atoms with Crippen LogP contribution in [0, 0.1) is 10.1 Å². The van der Waals surface area contributed by atoms with Crippen LogP contribution in [0.25, 0.3) is 0 Å². The monoisotopic (exact) mass is 376 g/mol. The molecule has 1 N–H and O–H groups in total. The molecule has 8 heteroatoms. The van der Waals surface area contributed by atoms with Crippen LogP contribution in [0.5, 0.6) is 0 Å². The molecule has 0 aliphatic carbocycles. The summed E-state index contributed by atoms with van der Waals surface area (Å²) in [4.78, 5) is 34.5. The Bertz CT molecular complexity index is 807. The number of nitro groups is 1. The summed E-state index contributed by atoms with van der Waals surface area (Å²) in [5.41, 5.74) is 0.699. The van der Waals surface area contributed by atoms with Gasteiger partial charge in [0.15, 0.2) is 0 Å². The van der Waals surface area contributed by atoms with Gasteiger partial charge in [-0.1, -0.05) is 29.8 Å². The highest BCUT2D eigenvalue weighted by atomic mass is 35.5. The Hall–Kier alpha value is -2.93. The minimum absolute atomic E-state index is 0.0870. The molecule has 0 saturated heterocycles. The zero-order valence-corrected chi connectivity index (χ0v) is 14.7.